The van der Waals surface area contributed by atoms with E-state index in [2.05, 4.69) is 34.2 Å². The largest absolute Gasteiger partial charge is 0.368 e. The second-order valence-electron chi connectivity index (χ2n) is 7.09. The summed E-state index contributed by atoms with van der Waals surface area (Å²) >= 11 is 0. The predicted octanol–water partition coefficient (Wildman–Crippen LogP) is 1.81. The van der Waals surface area contributed by atoms with Gasteiger partial charge in [-0.1, -0.05) is 19.0 Å². The molecule has 1 unspecified atom stereocenters. The third kappa shape index (κ3) is 5.56. The number of carbonyl (C=O) groups is 1. The minimum Gasteiger partial charge on any atom is -0.368 e. The van der Waals surface area contributed by atoms with E-state index in [1.165, 1.54) is 0 Å². The number of rotatable bonds is 4. The van der Waals surface area contributed by atoms with Crippen molar-refractivity contribution in [2.75, 3.05) is 39.8 Å². The summed E-state index contributed by atoms with van der Waals surface area (Å²) < 4.78 is 10.9. The van der Waals surface area contributed by atoms with Crippen LogP contribution in [0.3, 0.4) is 0 Å². The topological polar surface area (TPSA) is 83.2 Å². The molecular weight excluding hydrogens is 461 g/mol. The van der Waals surface area contributed by atoms with Crippen molar-refractivity contribution in [1.82, 2.24) is 20.3 Å². The molecule has 0 aliphatic carbocycles. The van der Waals surface area contributed by atoms with E-state index in [0.717, 1.165) is 43.3 Å². The molecule has 8 nitrogen and oxygen atoms in total. The van der Waals surface area contributed by atoms with E-state index in [9.17, 15) is 4.79 Å². The van der Waals surface area contributed by atoms with Gasteiger partial charge in [-0.05, 0) is 18.8 Å². The van der Waals surface area contributed by atoms with Crippen LogP contribution in [0.4, 0.5) is 0 Å². The van der Waals surface area contributed by atoms with E-state index in [-0.39, 0.29) is 36.0 Å². The van der Waals surface area contributed by atoms with Gasteiger partial charge in [0.15, 0.2) is 11.7 Å². The Balaban J connectivity index is 0.00000261. The Kier molecular flexibility index (Phi) is 8.33. The number of hydrogen-bond acceptors (Lipinski definition) is 5. The molecule has 1 aromatic rings. The number of piperazine rings is 1. The van der Waals surface area contributed by atoms with E-state index >= 15 is 0 Å². The number of carbonyl (C=O) groups excluding carboxylic acids is 1. The highest BCUT2D eigenvalue weighted by atomic mass is 127. The van der Waals surface area contributed by atoms with Crippen molar-refractivity contribution in [3.63, 3.8) is 0 Å². The maximum Gasteiger partial charge on any atom is 0.251 e. The van der Waals surface area contributed by atoms with Crippen molar-refractivity contribution in [1.29, 1.82) is 0 Å². The molecule has 1 amide bonds. The molecule has 3 heterocycles. The molecule has 0 aromatic carbocycles. The van der Waals surface area contributed by atoms with Gasteiger partial charge < -0.3 is 24.4 Å². The van der Waals surface area contributed by atoms with Gasteiger partial charge in [0.05, 0.1) is 12.2 Å². The molecule has 2 aliphatic rings. The van der Waals surface area contributed by atoms with Crippen LogP contribution in [0.1, 0.15) is 44.1 Å². The SMILES string of the molecule is CN=C(NCc1cc(C(C)C)no1)N1CCN(C(=O)C2CCCO2)CC1.I. The molecule has 1 N–H and O–H groups in total. The van der Waals surface area contributed by atoms with E-state index < -0.39 is 0 Å². The van der Waals surface area contributed by atoms with Crippen molar-refractivity contribution in [3.8, 4) is 0 Å². The van der Waals surface area contributed by atoms with E-state index in [0.29, 0.717) is 32.2 Å². The zero-order chi connectivity index (χ0) is 18.5. The maximum absolute atomic E-state index is 12.4. The zero-order valence-corrected chi connectivity index (χ0v) is 18.6. The van der Waals surface area contributed by atoms with Crippen LogP contribution in [0, 0.1) is 0 Å². The summed E-state index contributed by atoms with van der Waals surface area (Å²) in [6.45, 7) is 8.32. The lowest BCUT2D eigenvalue weighted by atomic mass is 10.1. The molecule has 0 radical (unpaired) electrons. The number of halogens is 1. The highest BCUT2D eigenvalue weighted by Gasteiger charge is 2.30. The van der Waals surface area contributed by atoms with Gasteiger partial charge in [-0.3, -0.25) is 9.79 Å². The Morgan fingerprint density at radius 1 is 1.33 bits per heavy atom. The number of aliphatic imine (C=N–C) groups is 1. The summed E-state index contributed by atoms with van der Waals surface area (Å²) in [5.74, 6) is 2.09. The molecule has 0 saturated carbocycles. The van der Waals surface area contributed by atoms with Crippen LogP contribution < -0.4 is 5.32 Å². The lowest BCUT2D eigenvalue weighted by Gasteiger charge is -2.37. The van der Waals surface area contributed by atoms with E-state index in [1.54, 1.807) is 7.05 Å². The van der Waals surface area contributed by atoms with Crippen LogP contribution in [-0.4, -0.2) is 72.8 Å². The summed E-state index contributed by atoms with van der Waals surface area (Å²) in [5.41, 5.74) is 0.957. The van der Waals surface area contributed by atoms with Gasteiger partial charge in [0.25, 0.3) is 5.91 Å². The first kappa shape index (κ1) is 21.9. The van der Waals surface area contributed by atoms with Crippen LogP contribution >= 0.6 is 24.0 Å². The number of nitrogens with zero attached hydrogens (tertiary/aromatic N) is 4. The summed E-state index contributed by atoms with van der Waals surface area (Å²) in [7, 11) is 1.77. The Morgan fingerprint density at radius 3 is 2.59 bits per heavy atom. The summed E-state index contributed by atoms with van der Waals surface area (Å²) in [6, 6.07) is 1.98. The standard InChI is InChI=1S/C18H29N5O3.HI/c1-13(2)15-11-14(26-21-15)12-20-18(19-3)23-8-6-22(7-9-23)17(24)16-5-4-10-25-16;/h11,13,16H,4-10,12H2,1-3H3,(H,19,20);1H. The van der Waals surface area contributed by atoms with Crippen LogP contribution in [0.25, 0.3) is 0 Å². The van der Waals surface area contributed by atoms with Crippen LogP contribution in [0.5, 0.6) is 0 Å². The molecular formula is C18H30IN5O3. The monoisotopic (exact) mass is 491 g/mol. The van der Waals surface area contributed by atoms with Crippen molar-refractivity contribution in [2.24, 2.45) is 4.99 Å². The second kappa shape index (κ2) is 10.3. The molecule has 2 saturated heterocycles. The quantitative estimate of drug-likeness (QED) is 0.393. The van der Waals surface area contributed by atoms with Gasteiger partial charge in [0, 0.05) is 45.9 Å². The lowest BCUT2D eigenvalue weighted by molar-refractivity contribution is -0.142. The first-order valence-electron chi connectivity index (χ1n) is 9.40. The number of guanidine groups is 1. The molecule has 9 heteroatoms. The third-order valence-electron chi connectivity index (χ3n) is 4.90. The van der Waals surface area contributed by atoms with Gasteiger partial charge in [-0.2, -0.15) is 0 Å². The Labute approximate surface area is 177 Å². The van der Waals surface area contributed by atoms with Gasteiger partial charge in [0.2, 0.25) is 0 Å². The van der Waals surface area contributed by atoms with E-state index in [4.69, 9.17) is 9.26 Å². The molecule has 1 atom stereocenters. The molecule has 0 spiro atoms. The van der Waals surface area contributed by atoms with Crippen LogP contribution in [0.2, 0.25) is 0 Å². The Morgan fingerprint density at radius 2 is 2.04 bits per heavy atom. The van der Waals surface area contributed by atoms with Gasteiger partial charge >= 0.3 is 0 Å². The average molecular weight is 491 g/mol. The van der Waals surface area contributed by atoms with Crippen molar-refractivity contribution >= 4 is 35.8 Å². The molecule has 0 bridgehead atoms. The van der Waals surface area contributed by atoms with Crippen LogP contribution in [0.15, 0.2) is 15.6 Å². The van der Waals surface area contributed by atoms with Crippen molar-refractivity contribution in [2.45, 2.75) is 45.3 Å². The number of aromatic nitrogens is 1. The predicted molar refractivity (Wildman–Crippen MR) is 113 cm³/mol. The summed E-state index contributed by atoms with van der Waals surface area (Å²) in [4.78, 5) is 20.9. The van der Waals surface area contributed by atoms with Crippen LogP contribution in [-0.2, 0) is 16.1 Å². The van der Waals surface area contributed by atoms with Gasteiger partial charge in [0.1, 0.15) is 6.10 Å². The first-order chi connectivity index (χ1) is 12.6. The fourth-order valence-corrected chi connectivity index (χ4v) is 3.30. The molecule has 27 heavy (non-hydrogen) atoms. The Hall–Kier alpha value is -1.36. The van der Waals surface area contributed by atoms with Gasteiger partial charge in [-0.15, -0.1) is 24.0 Å². The Bertz CT molecular complexity index is 635. The maximum atomic E-state index is 12.4. The normalized spacial score (nSPS) is 20.7. The van der Waals surface area contributed by atoms with Crippen molar-refractivity contribution in [3.05, 3.63) is 17.5 Å². The molecule has 152 valence electrons. The lowest BCUT2D eigenvalue weighted by Crippen LogP contribution is -2.55. The molecule has 1 aromatic heterocycles. The third-order valence-corrected chi connectivity index (χ3v) is 4.90. The molecule has 2 fully saturated rings. The zero-order valence-electron chi connectivity index (χ0n) is 16.3. The molecule has 2 aliphatic heterocycles. The minimum atomic E-state index is -0.236. The van der Waals surface area contributed by atoms with Crippen molar-refractivity contribution < 1.29 is 14.1 Å². The number of amides is 1. The number of hydrogen-bond donors (Lipinski definition) is 1. The smallest absolute Gasteiger partial charge is 0.251 e. The fourth-order valence-electron chi connectivity index (χ4n) is 3.30. The molecule has 3 rings (SSSR count). The second-order valence-corrected chi connectivity index (χ2v) is 7.09. The average Bonchev–Trinajstić information content (AvgIpc) is 3.34. The number of nitrogens with one attached hydrogen (secondary N) is 1. The van der Waals surface area contributed by atoms with Gasteiger partial charge in [-0.25, -0.2) is 0 Å². The fraction of sp³-hybridized carbons (Fsp3) is 0.722. The first-order valence-corrected chi connectivity index (χ1v) is 9.40. The number of ether oxygens (including phenoxy) is 1. The minimum absolute atomic E-state index is 0. The highest BCUT2D eigenvalue weighted by Crippen LogP contribution is 2.16. The summed E-state index contributed by atoms with van der Waals surface area (Å²) in [5, 5.41) is 7.40. The highest BCUT2D eigenvalue weighted by molar-refractivity contribution is 14.0. The van der Waals surface area contributed by atoms with E-state index in [1.807, 2.05) is 11.0 Å². The summed E-state index contributed by atoms with van der Waals surface area (Å²) in [6.07, 6.45) is 1.59.